The lowest BCUT2D eigenvalue weighted by Crippen LogP contribution is -2.27. The van der Waals surface area contributed by atoms with E-state index >= 15 is 0 Å². The second-order valence-corrected chi connectivity index (χ2v) is 6.26. The van der Waals surface area contributed by atoms with Crippen LogP contribution in [0.2, 0.25) is 5.02 Å². The second-order valence-electron chi connectivity index (χ2n) is 5.45. The number of carbonyl (C=O) groups is 2. The van der Waals surface area contributed by atoms with Crippen molar-refractivity contribution in [2.24, 2.45) is 0 Å². The van der Waals surface area contributed by atoms with Gasteiger partial charge in [0.15, 0.2) is 0 Å². The monoisotopic (exact) mass is 420 g/mol. The van der Waals surface area contributed by atoms with Gasteiger partial charge in [-0.2, -0.15) is 5.26 Å². The number of rotatable bonds is 5. The molecule has 146 valence electrons. The van der Waals surface area contributed by atoms with E-state index in [2.05, 4.69) is 23.4 Å². The number of urea groups is 1. The largest absolute Gasteiger partial charge is 0.495 e. The number of halogens is 1. The summed E-state index contributed by atoms with van der Waals surface area (Å²) >= 11 is 10.3. The van der Waals surface area contributed by atoms with Crippen LogP contribution in [0.5, 0.6) is 11.5 Å². The molecule has 0 atom stereocenters. The fourth-order valence-electron chi connectivity index (χ4n) is 2.33. The average molecular weight is 421 g/mol. The molecule has 3 amide bonds. The van der Waals surface area contributed by atoms with Crippen molar-refractivity contribution in [2.45, 2.75) is 6.92 Å². The summed E-state index contributed by atoms with van der Waals surface area (Å²) in [5.41, 5.74) is 1.11. The maximum absolute atomic E-state index is 12.6. The number of hydrogen-bond acceptors (Lipinski definition) is 6. The first-order valence-electron chi connectivity index (χ1n) is 7.84. The maximum Gasteiger partial charge on any atom is 0.336 e. The molecule has 0 fully saturated rings. The normalized spacial score (nSPS) is 9.86. The molecule has 0 unspecified atom stereocenters. The van der Waals surface area contributed by atoms with Gasteiger partial charge in [-0.15, -0.1) is 0 Å². The highest BCUT2D eigenvalue weighted by atomic mass is 35.5. The lowest BCUT2D eigenvalue weighted by Gasteiger charge is -2.20. The molecule has 28 heavy (non-hydrogen) atoms. The van der Waals surface area contributed by atoms with Gasteiger partial charge in [-0.3, -0.25) is 4.79 Å². The van der Waals surface area contributed by atoms with Crippen molar-refractivity contribution in [3.8, 4) is 17.6 Å². The van der Waals surface area contributed by atoms with Crippen molar-refractivity contribution in [1.29, 1.82) is 5.26 Å². The fourth-order valence-corrected chi connectivity index (χ4v) is 2.79. The first-order chi connectivity index (χ1) is 13.3. The Kier molecular flexibility index (Phi) is 6.98. The summed E-state index contributed by atoms with van der Waals surface area (Å²) in [6.45, 7) is 1.35. The molecule has 0 radical (unpaired) electrons. The van der Waals surface area contributed by atoms with Crippen molar-refractivity contribution in [1.82, 2.24) is 0 Å². The molecule has 2 rings (SSSR count). The average Bonchev–Trinajstić information content (AvgIpc) is 2.67. The summed E-state index contributed by atoms with van der Waals surface area (Å²) in [5, 5.41) is 14.8. The molecule has 2 aromatic rings. The summed E-state index contributed by atoms with van der Waals surface area (Å²) in [5.74, 6) is 0.443. The Morgan fingerprint density at radius 2 is 1.82 bits per heavy atom. The van der Waals surface area contributed by atoms with E-state index in [4.69, 9.17) is 21.1 Å². The third-order valence-electron chi connectivity index (χ3n) is 3.57. The lowest BCUT2D eigenvalue weighted by molar-refractivity contribution is -0.114. The minimum absolute atomic E-state index is 0.149. The first-order valence-corrected chi connectivity index (χ1v) is 8.61. The Hall–Kier alpha value is -3.09. The highest BCUT2D eigenvalue weighted by Crippen LogP contribution is 2.36. The first kappa shape index (κ1) is 21.2. The van der Waals surface area contributed by atoms with E-state index in [9.17, 15) is 14.9 Å². The molecular formula is C18H17ClN4O4S. The third kappa shape index (κ3) is 4.79. The van der Waals surface area contributed by atoms with Crippen LogP contribution in [0.3, 0.4) is 0 Å². The Morgan fingerprint density at radius 1 is 1.14 bits per heavy atom. The molecule has 0 aliphatic carbocycles. The Bertz CT molecular complexity index is 961. The van der Waals surface area contributed by atoms with Crippen molar-refractivity contribution < 1.29 is 19.1 Å². The summed E-state index contributed by atoms with van der Waals surface area (Å²) in [6, 6.07) is 8.82. The quantitative estimate of drug-likeness (QED) is 0.632. The molecule has 0 aliphatic heterocycles. The van der Waals surface area contributed by atoms with Gasteiger partial charge in [0, 0.05) is 18.7 Å². The Balaban J connectivity index is 2.29. The molecular weight excluding hydrogens is 404 g/mol. The zero-order valence-electron chi connectivity index (χ0n) is 15.2. The number of hydrogen-bond donors (Lipinski definition) is 3. The number of ether oxygens (including phenoxy) is 2. The van der Waals surface area contributed by atoms with Crippen LogP contribution in [0, 0.1) is 11.3 Å². The molecule has 0 saturated carbocycles. The van der Waals surface area contributed by atoms with Crippen molar-refractivity contribution in [3.63, 3.8) is 0 Å². The molecule has 10 heteroatoms. The molecule has 2 aromatic carbocycles. The predicted molar refractivity (Wildman–Crippen MR) is 111 cm³/mol. The SMILES string of the molecule is COc1cc(OC)c(NC(=O)N(S)c2ccc(NC(C)=O)cc2C#N)cc1Cl. The van der Waals surface area contributed by atoms with Crippen LogP contribution in [0.25, 0.3) is 0 Å². The number of amides is 3. The van der Waals surface area contributed by atoms with Gasteiger partial charge in [-0.1, -0.05) is 24.4 Å². The van der Waals surface area contributed by atoms with Crippen molar-refractivity contribution >= 4 is 53.4 Å². The molecule has 0 heterocycles. The van der Waals surface area contributed by atoms with Crippen LogP contribution >= 0.6 is 24.4 Å². The number of carbonyl (C=O) groups excluding carboxylic acids is 2. The summed E-state index contributed by atoms with van der Waals surface area (Å²) < 4.78 is 11.3. The third-order valence-corrected chi connectivity index (χ3v) is 4.27. The van der Waals surface area contributed by atoms with Crippen LogP contribution in [0.4, 0.5) is 21.9 Å². The number of benzene rings is 2. The second kappa shape index (κ2) is 9.21. The summed E-state index contributed by atoms with van der Waals surface area (Å²) in [6.07, 6.45) is 0. The van der Waals surface area contributed by atoms with E-state index in [1.807, 2.05) is 6.07 Å². The smallest absolute Gasteiger partial charge is 0.336 e. The number of nitriles is 1. The van der Waals surface area contributed by atoms with E-state index in [0.717, 1.165) is 4.31 Å². The molecule has 0 bridgehead atoms. The van der Waals surface area contributed by atoms with E-state index in [-0.39, 0.29) is 22.2 Å². The molecule has 0 aliphatic rings. The molecule has 0 spiro atoms. The van der Waals surface area contributed by atoms with Gasteiger partial charge < -0.3 is 20.1 Å². The lowest BCUT2D eigenvalue weighted by atomic mass is 10.1. The zero-order valence-corrected chi connectivity index (χ0v) is 16.9. The Morgan fingerprint density at radius 3 is 2.39 bits per heavy atom. The molecule has 8 nitrogen and oxygen atoms in total. The number of thiol groups is 1. The van der Waals surface area contributed by atoms with Crippen molar-refractivity contribution in [2.75, 3.05) is 29.2 Å². The molecule has 0 saturated heterocycles. The van der Waals surface area contributed by atoms with Crippen LogP contribution in [0.15, 0.2) is 30.3 Å². The minimum atomic E-state index is -0.647. The number of nitrogens with one attached hydrogen (secondary N) is 2. The summed E-state index contributed by atoms with van der Waals surface area (Å²) in [7, 11) is 2.90. The van der Waals surface area contributed by atoms with Gasteiger partial charge in [-0.25, -0.2) is 9.10 Å². The predicted octanol–water partition coefficient (Wildman–Crippen LogP) is 4.07. The van der Waals surface area contributed by atoms with Gasteiger partial charge >= 0.3 is 6.03 Å². The number of anilines is 3. The number of methoxy groups -OCH3 is 2. The topological polar surface area (TPSA) is 104 Å². The molecule has 0 aromatic heterocycles. The van der Waals surface area contributed by atoms with Crippen molar-refractivity contribution in [3.05, 3.63) is 40.9 Å². The van der Waals surface area contributed by atoms with Gasteiger partial charge in [0.25, 0.3) is 0 Å². The maximum atomic E-state index is 12.6. The van der Waals surface area contributed by atoms with Crippen LogP contribution in [0.1, 0.15) is 12.5 Å². The molecule has 2 N–H and O–H groups in total. The minimum Gasteiger partial charge on any atom is -0.495 e. The van der Waals surface area contributed by atoms with E-state index in [0.29, 0.717) is 22.9 Å². The Labute approximate surface area is 172 Å². The van der Waals surface area contributed by atoms with Gasteiger partial charge in [0.2, 0.25) is 5.91 Å². The highest BCUT2D eigenvalue weighted by molar-refractivity contribution is 7.82. The standard InChI is InChI=1S/C18H17ClN4O4S/c1-10(24)21-12-4-5-15(11(6-12)9-20)23(28)18(25)22-14-7-13(19)16(26-2)8-17(14)27-3/h4-8,28H,1-3H3,(H,21,24)(H,22,25). The number of nitrogens with zero attached hydrogens (tertiary/aromatic N) is 2. The van der Waals surface area contributed by atoms with Crippen LogP contribution in [-0.2, 0) is 4.79 Å². The van der Waals surface area contributed by atoms with Gasteiger partial charge in [0.1, 0.15) is 17.6 Å². The highest BCUT2D eigenvalue weighted by Gasteiger charge is 2.19. The van der Waals surface area contributed by atoms with E-state index in [1.54, 1.807) is 6.07 Å². The van der Waals surface area contributed by atoms with E-state index < -0.39 is 6.03 Å². The fraction of sp³-hybridized carbons (Fsp3) is 0.167. The zero-order chi connectivity index (χ0) is 20.8. The van der Waals surface area contributed by atoms with E-state index in [1.165, 1.54) is 45.4 Å². The van der Waals surface area contributed by atoms with Gasteiger partial charge in [-0.05, 0) is 24.3 Å². The van der Waals surface area contributed by atoms with Gasteiger partial charge in [0.05, 0.1) is 36.2 Å². The van der Waals surface area contributed by atoms with Crippen LogP contribution < -0.4 is 24.4 Å². The van der Waals surface area contributed by atoms with Crippen LogP contribution in [-0.4, -0.2) is 26.2 Å². The summed E-state index contributed by atoms with van der Waals surface area (Å²) in [4.78, 5) is 23.8.